The summed E-state index contributed by atoms with van der Waals surface area (Å²) in [5, 5.41) is 4.13. The Morgan fingerprint density at radius 3 is 2.67 bits per heavy atom. The first-order valence-corrected chi connectivity index (χ1v) is 10.8. The summed E-state index contributed by atoms with van der Waals surface area (Å²) in [6.45, 7) is 4.48. The van der Waals surface area contributed by atoms with Crippen molar-refractivity contribution in [2.75, 3.05) is 19.9 Å². The van der Waals surface area contributed by atoms with Crippen molar-refractivity contribution in [1.82, 2.24) is 15.0 Å². The molecule has 0 bridgehead atoms. The predicted octanol–water partition coefficient (Wildman–Crippen LogP) is 3.72. The Hall–Kier alpha value is -3.88. The van der Waals surface area contributed by atoms with E-state index in [1.807, 2.05) is 23.1 Å². The lowest BCUT2D eigenvalue weighted by Gasteiger charge is -2.31. The van der Waals surface area contributed by atoms with Crippen molar-refractivity contribution in [3.63, 3.8) is 0 Å². The molecule has 9 heteroatoms. The number of hydrogen-bond acceptors (Lipinski definition) is 8. The van der Waals surface area contributed by atoms with E-state index in [-0.39, 0.29) is 18.6 Å². The van der Waals surface area contributed by atoms with E-state index in [4.69, 9.17) is 18.7 Å². The van der Waals surface area contributed by atoms with Crippen LogP contribution in [0.25, 0.3) is 11.4 Å². The van der Waals surface area contributed by atoms with Crippen molar-refractivity contribution in [3.05, 3.63) is 53.4 Å². The van der Waals surface area contributed by atoms with Gasteiger partial charge in [0.25, 0.3) is 5.91 Å². The monoisotopic (exact) mass is 449 g/mol. The quantitative estimate of drug-likeness (QED) is 0.439. The van der Waals surface area contributed by atoms with Crippen LogP contribution in [-0.4, -0.2) is 46.8 Å². The molecule has 0 radical (unpaired) electrons. The molecule has 1 fully saturated rings. The zero-order chi connectivity index (χ0) is 22.9. The van der Waals surface area contributed by atoms with Crippen LogP contribution >= 0.6 is 0 Å². The molecule has 1 saturated heterocycles. The van der Waals surface area contributed by atoms with Gasteiger partial charge in [0.1, 0.15) is 5.75 Å². The second-order valence-electron chi connectivity index (χ2n) is 8.11. The first kappa shape index (κ1) is 21.0. The van der Waals surface area contributed by atoms with Gasteiger partial charge in [-0.1, -0.05) is 11.2 Å². The number of ether oxygens (including phenoxy) is 3. The SMILES string of the molecule is CC(=O)Oc1cccc(C(=O)N2CCC(c3nc(-c4ccc5c(c4)OCO5)no3)CC2)c1C. The molecule has 0 N–H and O–H groups in total. The fraction of sp³-hybridized carbons (Fsp3) is 0.333. The van der Waals surface area contributed by atoms with E-state index in [9.17, 15) is 9.59 Å². The van der Waals surface area contributed by atoms with Gasteiger partial charge >= 0.3 is 5.97 Å². The number of amides is 1. The van der Waals surface area contributed by atoms with Crippen LogP contribution < -0.4 is 14.2 Å². The summed E-state index contributed by atoms with van der Waals surface area (Å²) in [5.74, 6) is 2.44. The molecule has 0 saturated carbocycles. The van der Waals surface area contributed by atoms with Gasteiger partial charge in [0, 0.05) is 42.6 Å². The molecule has 0 spiro atoms. The minimum atomic E-state index is -0.414. The van der Waals surface area contributed by atoms with Gasteiger partial charge in [0.05, 0.1) is 0 Å². The zero-order valence-corrected chi connectivity index (χ0v) is 18.4. The number of likely N-dealkylation sites (tertiary alicyclic amines) is 1. The molecular formula is C24H23N3O6. The summed E-state index contributed by atoms with van der Waals surface area (Å²) in [4.78, 5) is 30.8. The highest BCUT2D eigenvalue weighted by Gasteiger charge is 2.29. The van der Waals surface area contributed by atoms with Crippen LogP contribution in [0.2, 0.25) is 0 Å². The average molecular weight is 449 g/mol. The molecule has 5 rings (SSSR count). The topological polar surface area (TPSA) is 104 Å². The Morgan fingerprint density at radius 1 is 1.09 bits per heavy atom. The van der Waals surface area contributed by atoms with Crippen molar-refractivity contribution < 1.29 is 28.3 Å². The summed E-state index contributed by atoms with van der Waals surface area (Å²) in [5.41, 5.74) is 1.99. The molecule has 0 atom stereocenters. The van der Waals surface area contributed by atoms with E-state index >= 15 is 0 Å². The van der Waals surface area contributed by atoms with E-state index in [1.165, 1.54) is 6.92 Å². The van der Waals surface area contributed by atoms with Crippen LogP contribution in [-0.2, 0) is 4.79 Å². The number of carbonyl (C=O) groups is 2. The molecular weight excluding hydrogens is 426 g/mol. The van der Waals surface area contributed by atoms with Gasteiger partial charge in [-0.15, -0.1) is 0 Å². The summed E-state index contributed by atoms with van der Waals surface area (Å²) in [6, 6.07) is 10.7. The van der Waals surface area contributed by atoms with Gasteiger partial charge in [-0.2, -0.15) is 4.98 Å². The van der Waals surface area contributed by atoms with Gasteiger partial charge in [-0.25, -0.2) is 0 Å². The number of esters is 1. The van der Waals surface area contributed by atoms with Crippen molar-refractivity contribution in [2.45, 2.75) is 32.6 Å². The highest BCUT2D eigenvalue weighted by atomic mass is 16.7. The lowest BCUT2D eigenvalue weighted by atomic mass is 9.95. The fourth-order valence-corrected chi connectivity index (χ4v) is 4.17. The van der Waals surface area contributed by atoms with Gasteiger partial charge in [-0.05, 0) is 50.1 Å². The summed E-state index contributed by atoms with van der Waals surface area (Å²) in [7, 11) is 0. The Labute approximate surface area is 190 Å². The fourth-order valence-electron chi connectivity index (χ4n) is 4.17. The molecule has 3 heterocycles. The van der Waals surface area contributed by atoms with Gasteiger partial charge in [-0.3, -0.25) is 9.59 Å². The maximum absolute atomic E-state index is 13.1. The Kier molecular flexibility index (Phi) is 5.45. The largest absolute Gasteiger partial charge is 0.454 e. The smallest absolute Gasteiger partial charge is 0.308 e. The Bertz CT molecular complexity index is 1210. The number of aromatic nitrogens is 2. The lowest BCUT2D eigenvalue weighted by Crippen LogP contribution is -2.38. The molecule has 9 nitrogen and oxygen atoms in total. The number of rotatable bonds is 4. The van der Waals surface area contributed by atoms with E-state index < -0.39 is 5.97 Å². The maximum Gasteiger partial charge on any atom is 0.308 e. The second kappa shape index (κ2) is 8.57. The van der Waals surface area contributed by atoms with Crippen LogP contribution in [0, 0.1) is 6.92 Å². The number of fused-ring (bicyclic) bond motifs is 1. The van der Waals surface area contributed by atoms with E-state index in [0.29, 0.717) is 53.2 Å². The Morgan fingerprint density at radius 2 is 1.88 bits per heavy atom. The molecule has 33 heavy (non-hydrogen) atoms. The maximum atomic E-state index is 13.1. The van der Waals surface area contributed by atoms with Crippen LogP contribution in [0.3, 0.4) is 0 Å². The third-order valence-corrected chi connectivity index (χ3v) is 5.97. The zero-order valence-electron chi connectivity index (χ0n) is 18.4. The highest BCUT2D eigenvalue weighted by molar-refractivity contribution is 5.96. The summed E-state index contributed by atoms with van der Waals surface area (Å²) < 4.78 is 21.5. The van der Waals surface area contributed by atoms with E-state index in [0.717, 1.165) is 18.4 Å². The van der Waals surface area contributed by atoms with Gasteiger partial charge in [0.2, 0.25) is 18.5 Å². The highest BCUT2D eigenvalue weighted by Crippen LogP contribution is 2.36. The molecule has 1 aromatic heterocycles. The van der Waals surface area contributed by atoms with Crippen molar-refractivity contribution >= 4 is 11.9 Å². The first-order chi connectivity index (χ1) is 16.0. The number of hydrogen-bond donors (Lipinski definition) is 0. The number of piperidine rings is 1. The lowest BCUT2D eigenvalue weighted by molar-refractivity contribution is -0.131. The van der Waals surface area contributed by atoms with Crippen molar-refractivity contribution in [1.29, 1.82) is 0 Å². The summed E-state index contributed by atoms with van der Waals surface area (Å²) in [6.07, 6.45) is 1.44. The van der Waals surface area contributed by atoms with E-state index in [2.05, 4.69) is 10.1 Å². The molecule has 0 unspecified atom stereocenters. The van der Waals surface area contributed by atoms with Crippen molar-refractivity contribution in [3.8, 4) is 28.6 Å². The minimum absolute atomic E-state index is 0.0773. The molecule has 2 aliphatic rings. The molecule has 3 aromatic rings. The number of nitrogens with zero attached hydrogens (tertiary/aromatic N) is 3. The van der Waals surface area contributed by atoms with Crippen molar-refractivity contribution in [2.24, 2.45) is 0 Å². The predicted molar refractivity (Wildman–Crippen MR) is 116 cm³/mol. The van der Waals surface area contributed by atoms with Gasteiger partial charge in [0.15, 0.2) is 11.5 Å². The number of carbonyl (C=O) groups excluding carboxylic acids is 2. The van der Waals surface area contributed by atoms with Crippen LogP contribution in [0.1, 0.15) is 47.5 Å². The van der Waals surface area contributed by atoms with Crippen LogP contribution in [0.4, 0.5) is 0 Å². The van der Waals surface area contributed by atoms with Crippen LogP contribution in [0.5, 0.6) is 17.2 Å². The standard InChI is InChI=1S/C24H23N3O6/c1-14-18(4-3-5-19(14)32-15(2)28)24(29)27-10-8-16(9-11-27)23-25-22(26-33-23)17-6-7-20-21(12-17)31-13-30-20/h3-7,12,16H,8-11,13H2,1-2H3. The molecule has 2 aliphatic heterocycles. The minimum Gasteiger partial charge on any atom is -0.454 e. The first-order valence-electron chi connectivity index (χ1n) is 10.8. The van der Waals surface area contributed by atoms with Gasteiger partial charge < -0.3 is 23.6 Å². The third kappa shape index (κ3) is 4.13. The molecule has 2 aromatic carbocycles. The van der Waals surface area contributed by atoms with E-state index in [1.54, 1.807) is 25.1 Å². The molecule has 1 amide bonds. The Balaban J connectivity index is 1.25. The summed E-state index contributed by atoms with van der Waals surface area (Å²) >= 11 is 0. The van der Waals surface area contributed by atoms with Crippen LogP contribution in [0.15, 0.2) is 40.9 Å². The number of benzene rings is 2. The third-order valence-electron chi connectivity index (χ3n) is 5.97. The average Bonchev–Trinajstić information content (AvgIpc) is 3.49. The normalized spacial score (nSPS) is 15.5. The molecule has 0 aliphatic carbocycles. The second-order valence-corrected chi connectivity index (χ2v) is 8.11. The molecule has 170 valence electrons.